The Morgan fingerprint density at radius 2 is 2.17 bits per heavy atom. The molecule has 2 aromatic heterocycles. The van der Waals surface area contributed by atoms with Gasteiger partial charge in [-0.1, -0.05) is 6.07 Å². The van der Waals surface area contributed by atoms with E-state index >= 15 is 0 Å². The maximum atomic E-state index is 11.5. The Hall–Kier alpha value is -1.95. The van der Waals surface area contributed by atoms with Crippen LogP contribution >= 0.6 is 11.3 Å². The van der Waals surface area contributed by atoms with Gasteiger partial charge in [-0.3, -0.25) is 0 Å². The Labute approximate surface area is 109 Å². The average molecular weight is 263 g/mol. The summed E-state index contributed by atoms with van der Waals surface area (Å²) in [6.45, 7) is 1.84. The predicted molar refractivity (Wildman–Crippen MR) is 69.8 cm³/mol. The van der Waals surface area contributed by atoms with Crippen molar-refractivity contribution in [2.75, 3.05) is 14.1 Å². The number of thiophene rings is 1. The van der Waals surface area contributed by atoms with E-state index in [0.717, 1.165) is 10.6 Å². The van der Waals surface area contributed by atoms with Crippen LogP contribution in [-0.2, 0) is 0 Å². The minimum Gasteiger partial charge on any atom is -0.391 e. The molecule has 6 heteroatoms. The number of hydrogen-bond acceptors (Lipinski definition) is 5. The molecule has 0 saturated heterocycles. The number of carbonyl (C=O) groups is 1. The molecular formula is C12H13N3O2S. The van der Waals surface area contributed by atoms with Crippen LogP contribution in [0.1, 0.15) is 5.69 Å². The lowest BCUT2D eigenvalue weighted by Crippen LogP contribution is -2.25. The fraction of sp³-hybridized carbons (Fsp3) is 0.250. The number of amides is 1. The van der Waals surface area contributed by atoms with Crippen LogP contribution in [0.2, 0.25) is 0 Å². The highest BCUT2D eigenvalue weighted by Crippen LogP contribution is 2.23. The van der Waals surface area contributed by atoms with Crippen LogP contribution < -0.4 is 4.74 Å². The van der Waals surface area contributed by atoms with Crippen molar-refractivity contribution >= 4 is 17.4 Å². The zero-order valence-electron chi connectivity index (χ0n) is 10.4. The molecule has 0 aromatic carbocycles. The van der Waals surface area contributed by atoms with Crippen LogP contribution in [0, 0.1) is 6.92 Å². The summed E-state index contributed by atoms with van der Waals surface area (Å²) >= 11 is 1.54. The second-order valence-electron chi connectivity index (χ2n) is 3.91. The molecule has 1 amide bonds. The Balaban J connectivity index is 2.30. The minimum atomic E-state index is -0.453. The van der Waals surface area contributed by atoms with E-state index < -0.39 is 6.09 Å². The van der Waals surface area contributed by atoms with Gasteiger partial charge in [-0.05, 0) is 18.4 Å². The van der Waals surface area contributed by atoms with Crippen molar-refractivity contribution in [2.45, 2.75) is 6.92 Å². The molecule has 18 heavy (non-hydrogen) atoms. The molecule has 0 unspecified atom stereocenters. The molecule has 0 spiro atoms. The molecule has 0 aliphatic rings. The van der Waals surface area contributed by atoms with E-state index in [1.54, 1.807) is 31.5 Å². The lowest BCUT2D eigenvalue weighted by atomic mass is 10.4. The fourth-order valence-corrected chi connectivity index (χ4v) is 1.95. The molecule has 0 aliphatic heterocycles. The summed E-state index contributed by atoms with van der Waals surface area (Å²) in [5.41, 5.74) is 0.759. The summed E-state index contributed by atoms with van der Waals surface area (Å²) in [5.74, 6) is 0.844. The van der Waals surface area contributed by atoms with E-state index in [4.69, 9.17) is 4.74 Å². The van der Waals surface area contributed by atoms with Gasteiger partial charge < -0.3 is 9.64 Å². The summed E-state index contributed by atoms with van der Waals surface area (Å²) in [6, 6.07) is 5.49. The van der Waals surface area contributed by atoms with E-state index in [-0.39, 0.29) is 5.88 Å². The molecule has 94 valence electrons. The van der Waals surface area contributed by atoms with E-state index in [1.165, 1.54) is 4.90 Å². The standard InChI is InChI=1S/C12H13N3O2S/c1-8-7-10(17-12(16)15(2)3)14-11(13-8)9-5-4-6-18-9/h4-7H,1-3H3. The minimum absolute atomic E-state index is 0.268. The number of aryl methyl sites for hydroxylation is 1. The zero-order valence-corrected chi connectivity index (χ0v) is 11.2. The van der Waals surface area contributed by atoms with Crippen molar-refractivity contribution in [3.8, 4) is 16.6 Å². The van der Waals surface area contributed by atoms with E-state index in [2.05, 4.69) is 9.97 Å². The van der Waals surface area contributed by atoms with Crippen molar-refractivity contribution in [3.05, 3.63) is 29.3 Å². The molecule has 0 N–H and O–H groups in total. The highest BCUT2D eigenvalue weighted by molar-refractivity contribution is 7.13. The first-order valence-corrected chi connectivity index (χ1v) is 6.23. The summed E-state index contributed by atoms with van der Waals surface area (Å²) < 4.78 is 5.14. The highest BCUT2D eigenvalue weighted by atomic mass is 32.1. The van der Waals surface area contributed by atoms with E-state index in [0.29, 0.717) is 5.82 Å². The number of rotatable bonds is 2. The Morgan fingerprint density at radius 1 is 1.39 bits per heavy atom. The molecule has 0 aliphatic carbocycles. The van der Waals surface area contributed by atoms with Crippen LogP contribution in [0.4, 0.5) is 4.79 Å². The van der Waals surface area contributed by atoms with Crippen molar-refractivity contribution < 1.29 is 9.53 Å². The fourth-order valence-electron chi connectivity index (χ4n) is 1.29. The van der Waals surface area contributed by atoms with Crippen LogP contribution in [0.3, 0.4) is 0 Å². The molecule has 0 atom stereocenters. The molecule has 0 bridgehead atoms. The largest absolute Gasteiger partial charge is 0.416 e. The zero-order chi connectivity index (χ0) is 13.1. The molecule has 0 radical (unpaired) electrons. The summed E-state index contributed by atoms with van der Waals surface area (Å²) in [7, 11) is 3.24. The van der Waals surface area contributed by atoms with E-state index in [9.17, 15) is 4.79 Å². The van der Waals surface area contributed by atoms with Gasteiger partial charge in [0.25, 0.3) is 0 Å². The third-order valence-electron chi connectivity index (χ3n) is 2.13. The Bertz CT molecular complexity index is 552. The smallest absolute Gasteiger partial charge is 0.391 e. The van der Waals surface area contributed by atoms with Crippen LogP contribution in [0.25, 0.3) is 10.7 Å². The van der Waals surface area contributed by atoms with Gasteiger partial charge in [-0.15, -0.1) is 11.3 Å². The Morgan fingerprint density at radius 3 is 2.78 bits per heavy atom. The first-order valence-electron chi connectivity index (χ1n) is 5.35. The number of carbonyl (C=O) groups excluding carboxylic acids is 1. The van der Waals surface area contributed by atoms with Crippen molar-refractivity contribution in [2.24, 2.45) is 0 Å². The molecule has 2 rings (SSSR count). The van der Waals surface area contributed by atoms with Crippen molar-refractivity contribution in [3.63, 3.8) is 0 Å². The third-order valence-corrected chi connectivity index (χ3v) is 3.00. The quantitative estimate of drug-likeness (QED) is 0.835. The summed E-state index contributed by atoms with van der Waals surface area (Å²) in [6.07, 6.45) is -0.453. The second kappa shape index (κ2) is 5.14. The van der Waals surface area contributed by atoms with Crippen LogP contribution in [-0.4, -0.2) is 35.1 Å². The van der Waals surface area contributed by atoms with Crippen LogP contribution in [0.15, 0.2) is 23.6 Å². The lowest BCUT2D eigenvalue weighted by Gasteiger charge is -2.10. The van der Waals surface area contributed by atoms with Gasteiger partial charge in [-0.25, -0.2) is 9.78 Å². The van der Waals surface area contributed by atoms with Crippen LogP contribution in [0.5, 0.6) is 5.88 Å². The molecule has 0 saturated carbocycles. The van der Waals surface area contributed by atoms with Gasteiger partial charge in [0.2, 0.25) is 5.88 Å². The maximum Gasteiger partial charge on any atom is 0.416 e. The third kappa shape index (κ3) is 2.84. The van der Waals surface area contributed by atoms with Crippen molar-refractivity contribution in [1.82, 2.24) is 14.9 Å². The summed E-state index contributed by atoms with van der Waals surface area (Å²) in [4.78, 5) is 22.3. The first-order chi connectivity index (χ1) is 8.56. The predicted octanol–water partition coefficient (Wildman–Crippen LogP) is 2.57. The number of nitrogens with zero attached hydrogens (tertiary/aromatic N) is 3. The lowest BCUT2D eigenvalue weighted by molar-refractivity contribution is 0.170. The topological polar surface area (TPSA) is 55.3 Å². The number of aromatic nitrogens is 2. The monoisotopic (exact) mass is 263 g/mol. The second-order valence-corrected chi connectivity index (χ2v) is 4.86. The normalized spacial score (nSPS) is 10.2. The average Bonchev–Trinajstić information content (AvgIpc) is 2.81. The molecule has 2 heterocycles. The van der Waals surface area contributed by atoms with Gasteiger partial charge >= 0.3 is 6.09 Å². The van der Waals surface area contributed by atoms with Gasteiger partial charge in [0.1, 0.15) is 0 Å². The maximum absolute atomic E-state index is 11.5. The Kier molecular flexibility index (Phi) is 3.57. The van der Waals surface area contributed by atoms with Gasteiger partial charge in [-0.2, -0.15) is 4.98 Å². The van der Waals surface area contributed by atoms with E-state index in [1.807, 2.05) is 24.4 Å². The molecule has 2 aromatic rings. The molecule has 5 nitrogen and oxygen atoms in total. The SMILES string of the molecule is Cc1cc(OC(=O)N(C)C)nc(-c2cccs2)n1. The first kappa shape index (κ1) is 12.5. The van der Waals surface area contributed by atoms with Crippen molar-refractivity contribution in [1.29, 1.82) is 0 Å². The number of ether oxygens (including phenoxy) is 1. The summed E-state index contributed by atoms with van der Waals surface area (Å²) in [5, 5.41) is 1.95. The number of hydrogen-bond donors (Lipinski definition) is 0. The van der Waals surface area contributed by atoms with Gasteiger partial charge in [0.05, 0.1) is 4.88 Å². The van der Waals surface area contributed by atoms with Gasteiger partial charge in [0, 0.05) is 25.9 Å². The molecule has 0 fully saturated rings. The highest BCUT2D eigenvalue weighted by Gasteiger charge is 2.11. The molecular weight excluding hydrogens is 250 g/mol. The van der Waals surface area contributed by atoms with Gasteiger partial charge in [0.15, 0.2) is 5.82 Å².